The van der Waals surface area contributed by atoms with Gasteiger partial charge in [-0.25, -0.2) is 0 Å². The van der Waals surface area contributed by atoms with E-state index in [9.17, 15) is 0 Å². The molecule has 0 spiro atoms. The highest BCUT2D eigenvalue weighted by Gasteiger charge is 2.73. The molecule has 2 unspecified atom stereocenters. The van der Waals surface area contributed by atoms with Crippen LogP contribution in [0.1, 0.15) is 33.3 Å². The van der Waals surface area contributed by atoms with Gasteiger partial charge in [-0.1, -0.05) is 56.4 Å². The van der Waals surface area contributed by atoms with Crippen molar-refractivity contribution in [3.05, 3.63) is 45.7 Å². The summed E-state index contributed by atoms with van der Waals surface area (Å²) in [5, 5.41) is 0.744. The summed E-state index contributed by atoms with van der Waals surface area (Å²) in [7, 11) is 0. The highest BCUT2D eigenvalue weighted by molar-refractivity contribution is 8.27. The molecule has 100 valence electrons. The van der Waals surface area contributed by atoms with E-state index < -0.39 is 0 Å². The number of allylic oxidation sites excluding steroid dienone is 1. The van der Waals surface area contributed by atoms with Gasteiger partial charge in [-0.2, -0.15) is 0 Å². The van der Waals surface area contributed by atoms with Gasteiger partial charge in [-0.3, -0.25) is 0 Å². The van der Waals surface area contributed by atoms with E-state index in [4.69, 9.17) is 12.2 Å². The molecular weight excluding hydrogens is 288 g/mol. The van der Waals surface area contributed by atoms with E-state index in [1.807, 2.05) is 29.6 Å². The smallest absolute Gasteiger partial charge is 0.0495 e. The fourth-order valence-corrected chi connectivity index (χ4v) is 7.31. The van der Waals surface area contributed by atoms with Gasteiger partial charge in [0.1, 0.15) is 0 Å². The zero-order valence-electron chi connectivity index (χ0n) is 11.7. The van der Waals surface area contributed by atoms with Crippen molar-refractivity contribution in [3.8, 4) is 0 Å². The Kier molecular flexibility index (Phi) is 3.16. The minimum Gasteiger partial charge on any atom is -0.113 e. The van der Waals surface area contributed by atoms with Crippen LogP contribution >= 0.6 is 35.7 Å². The van der Waals surface area contributed by atoms with E-state index in [0.29, 0.717) is 10.2 Å². The Morgan fingerprint density at radius 1 is 1.16 bits per heavy atom. The van der Waals surface area contributed by atoms with Crippen LogP contribution in [0.4, 0.5) is 0 Å². The molecule has 0 N–H and O–H groups in total. The Morgan fingerprint density at radius 2 is 1.79 bits per heavy atom. The highest BCUT2D eigenvalue weighted by atomic mass is 32.2. The molecule has 1 saturated carbocycles. The van der Waals surface area contributed by atoms with Crippen molar-refractivity contribution in [2.24, 2.45) is 5.41 Å². The van der Waals surface area contributed by atoms with E-state index in [2.05, 4.69) is 52.0 Å². The molecule has 1 saturated heterocycles. The van der Waals surface area contributed by atoms with Crippen LogP contribution in [0.15, 0.2) is 40.1 Å². The van der Waals surface area contributed by atoms with E-state index >= 15 is 0 Å². The summed E-state index contributed by atoms with van der Waals surface area (Å²) in [5.74, 6) is 0. The molecule has 2 fully saturated rings. The topological polar surface area (TPSA) is 0 Å². The largest absolute Gasteiger partial charge is 0.113 e. The van der Waals surface area contributed by atoms with Crippen molar-refractivity contribution in [2.75, 3.05) is 0 Å². The first-order valence-electron chi connectivity index (χ1n) is 6.54. The summed E-state index contributed by atoms with van der Waals surface area (Å²) in [6.07, 6.45) is 0. The van der Waals surface area contributed by atoms with Crippen LogP contribution < -0.4 is 0 Å². The number of hydrogen-bond donors (Lipinski definition) is 0. The monoisotopic (exact) mass is 306 g/mol. The number of rotatable bonds is 2. The Labute approximate surface area is 129 Å². The second-order valence-corrected chi connectivity index (χ2v) is 9.28. The molecule has 0 bridgehead atoms. The molecule has 2 aliphatic rings. The standard InChI is InChI=1S/C16H18S3/c1-10(12(17)11-8-6-5-7-9-11)13-18-14-15(2,3)16(14,4)19-13/h5-9,14H,1-4H3/b13-10+. The number of benzene rings is 1. The average Bonchev–Trinajstić information content (AvgIpc) is 2.72. The summed E-state index contributed by atoms with van der Waals surface area (Å²) in [5.41, 5.74) is 2.90. The fraction of sp³-hybridized carbons (Fsp3) is 0.438. The molecule has 2 atom stereocenters. The van der Waals surface area contributed by atoms with E-state index in [1.54, 1.807) is 0 Å². The van der Waals surface area contributed by atoms with Gasteiger partial charge in [0.25, 0.3) is 0 Å². The van der Waals surface area contributed by atoms with Crippen LogP contribution in [0.2, 0.25) is 0 Å². The Morgan fingerprint density at radius 3 is 2.32 bits per heavy atom. The predicted molar refractivity (Wildman–Crippen MR) is 92.0 cm³/mol. The summed E-state index contributed by atoms with van der Waals surface area (Å²) in [6.45, 7) is 9.31. The van der Waals surface area contributed by atoms with E-state index in [1.165, 1.54) is 9.81 Å². The molecule has 0 amide bonds. The van der Waals surface area contributed by atoms with Gasteiger partial charge in [0, 0.05) is 19.1 Å². The van der Waals surface area contributed by atoms with E-state index in [0.717, 1.165) is 15.7 Å². The van der Waals surface area contributed by atoms with Crippen LogP contribution in [0, 0.1) is 5.41 Å². The van der Waals surface area contributed by atoms with Crippen LogP contribution in [0.25, 0.3) is 0 Å². The van der Waals surface area contributed by atoms with Crippen molar-refractivity contribution >= 4 is 40.6 Å². The molecule has 3 heteroatoms. The van der Waals surface area contributed by atoms with E-state index in [-0.39, 0.29) is 0 Å². The highest BCUT2D eigenvalue weighted by Crippen LogP contribution is 2.78. The minimum absolute atomic E-state index is 0.403. The predicted octanol–water partition coefficient (Wildman–Crippen LogP) is 5.28. The molecule has 1 aliphatic heterocycles. The molecule has 3 rings (SSSR count). The lowest BCUT2D eigenvalue weighted by molar-refractivity contribution is 0.609. The zero-order chi connectivity index (χ0) is 13.8. The van der Waals surface area contributed by atoms with Crippen LogP contribution in [-0.2, 0) is 0 Å². The van der Waals surface area contributed by atoms with Crippen LogP contribution in [0.5, 0.6) is 0 Å². The normalized spacial score (nSPS) is 33.8. The van der Waals surface area contributed by atoms with Crippen LogP contribution in [0.3, 0.4) is 0 Å². The molecule has 1 heterocycles. The van der Waals surface area contributed by atoms with Crippen molar-refractivity contribution in [1.82, 2.24) is 0 Å². The number of fused-ring (bicyclic) bond motifs is 1. The van der Waals surface area contributed by atoms with Crippen LogP contribution in [-0.4, -0.2) is 14.9 Å². The quantitative estimate of drug-likeness (QED) is 0.414. The summed E-state index contributed by atoms with van der Waals surface area (Å²) in [4.78, 5) is 0.998. The molecular formula is C16H18S3. The molecule has 0 radical (unpaired) electrons. The average molecular weight is 307 g/mol. The summed E-state index contributed by atoms with van der Waals surface area (Å²) >= 11 is 9.71. The number of thioether (sulfide) groups is 2. The maximum Gasteiger partial charge on any atom is 0.0495 e. The fourth-order valence-electron chi connectivity index (χ4n) is 2.72. The van der Waals surface area contributed by atoms with Gasteiger partial charge < -0.3 is 0 Å². The molecule has 0 nitrogen and oxygen atoms in total. The van der Waals surface area contributed by atoms with Crippen molar-refractivity contribution in [1.29, 1.82) is 0 Å². The van der Waals surface area contributed by atoms with Gasteiger partial charge in [0.05, 0.1) is 0 Å². The van der Waals surface area contributed by atoms with Gasteiger partial charge in [-0.05, 0) is 30.4 Å². The Bertz CT molecular complexity index is 571. The van der Waals surface area contributed by atoms with Gasteiger partial charge in [0.15, 0.2) is 0 Å². The number of thiocarbonyl (C=S) groups is 1. The van der Waals surface area contributed by atoms with Crippen molar-refractivity contribution in [3.63, 3.8) is 0 Å². The third-order valence-electron chi connectivity index (χ3n) is 4.56. The lowest BCUT2D eigenvalue weighted by Gasteiger charge is -2.16. The second-order valence-electron chi connectivity index (χ2n) is 6.04. The van der Waals surface area contributed by atoms with Gasteiger partial charge in [-0.15, -0.1) is 23.5 Å². The summed E-state index contributed by atoms with van der Waals surface area (Å²) < 4.78 is 1.83. The maximum atomic E-state index is 5.64. The molecule has 1 aromatic carbocycles. The molecule has 1 aromatic rings. The molecule has 0 aromatic heterocycles. The SMILES string of the molecule is C/C(C(=S)c1ccccc1)=C1/SC2C(C)(C)C2(C)S1. The lowest BCUT2D eigenvalue weighted by atomic mass is 10.1. The third kappa shape index (κ3) is 1.93. The lowest BCUT2D eigenvalue weighted by Crippen LogP contribution is -2.07. The maximum absolute atomic E-state index is 5.64. The minimum atomic E-state index is 0.403. The number of hydrogen-bond acceptors (Lipinski definition) is 3. The Hall–Kier alpha value is -0.250. The molecule has 19 heavy (non-hydrogen) atoms. The van der Waals surface area contributed by atoms with Gasteiger partial charge >= 0.3 is 0 Å². The first-order chi connectivity index (χ1) is 8.88. The first-order valence-corrected chi connectivity index (χ1v) is 8.64. The summed E-state index contributed by atoms with van der Waals surface area (Å²) in [6, 6.07) is 10.3. The second kappa shape index (κ2) is 4.37. The Balaban J connectivity index is 1.85. The van der Waals surface area contributed by atoms with Gasteiger partial charge in [0.2, 0.25) is 0 Å². The molecule has 1 aliphatic carbocycles. The first kappa shape index (κ1) is 13.7. The van der Waals surface area contributed by atoms with Crippen molar-refractivity contribution in [2.45, 2.75) is 37.7 Å². The third-order valence-corrected chi connectivity index (χ3v) is 9.29. The zero-order valence-corrected chi connectivity index (χ0v) is 14.1. The van der Waals surface area contributed by atoms with Crippen molar-refractivity contribution < 1.29 is 0 Å².